The Morgan fingerprint density at radius 1 is 1.40 bits per heavy atom. The predicted octanol–water partition coefficient (Wildman–Crippen LogP) is 1.03. The highest BCUT2D eigenvalue weighted by molar-refractivity contribution is 5.33. The zero-order valence-corrected chi connectivity index (χ0v) is 8.65. The molecule has 0 aliphatic carbocycles. The molecule has 0 radical (unpaired) electrons. The Bertz CT molecular complexity index is 297. The molecule has 1 saturated heterocycles. The number of nitrogens with one attached hydrogen (secondary N) is 1. The van der Waals surface area contributed by atoms with Gasteiger partial charge in [-0.05, 0) is 12.1 Å². The maximum absolute atomic E-state index is 10.2. The van der Waals surface area contributed by atoms with E-state index in [0.29, 0.717) is 32.6 Å². The number of hydrogen-bond acceptors (Lipinski definition) is 4. The molecule has 0 unspecified atom stereocenters. The number of anilines is 1. The van der Waals surface area contributed by atoms with Gasteiger partial charge in [0.1, 0.15) is 5.82 Å². The molecule has 0 aromatic carbocycles. The molecule has 2 rings (SSSR count). The Morgan fingerprint density at radius 2 is 2.20 bits per heavy atom. The third kappa shape index (κ3) is 2.91. The van der Waals surface area contributed by atoms with Gasteiger partial charge in [-0.25, -0.2) is 4.98 Å². The lowest BCUT2D eigenvalue weighted by molar-refractivity contribution is -0.0543. The van der Waals surface area contributed by atoms with E-state index in [-0.39, 0.29) is 0 Å². The lowest BCUT2D eigenvalue weighted by atomic mass is 9.94. The molecule has 4 nitrogen and oxygen atoms in total. The van der Waals surface area contributed by atoms with Crippen molar-refractivity contribution in [2.45, 2.75) is 18.4 Å². The number of aliphatic hydroxyl groups is 1. The molecule has 1 fully saturated rings. The summed E-state index contributed by atoms with van der Waals surface area (Å²) in [5.74, 6) is 0.803. The first-order valence-corrected chi connectivity index (χ1v) is 5.24. The summed E-state index contributed by atoms with van der Waals surface area (Å²) in [7, 11) is 0. The average molecular weight is 208 g/mol. The summed E-state index contributed by atoms with van der Waals surface area (Å²) in [5.41, 5.74) is -0.643. The monoisotopic (exact) mass is 208 g/mol. The Kier molecular flexibility index (Phi) is 3.18. The molecule has 2 N–H and O–H groups in total. The summed E-state index contributed by atoms with van der Waals surface area (Å²) >= 11 is 0. The third-order valence-corrected chi connectivity index (χ3v) is 2.69. The molecule has 0 saturated carbocycles. The quantitative estimate of drug-likeness (QED) is 0.779. The van der Waals surface area contributed by atoms with Gasteiger partial charge >= 0.3 is 0 Å². The van der Waals surface area contributed by atoms with Crippen LogP contribution in [0.5, 0.6) is 0 Å². The molecule has 0 atom stereocenters. The van der Waals surface area contributed by atoms with Crippen LogP contribution in [-0.2, 0) is 4.74 Å². The van der Waals surface area contributed by atoms with Crippen LogP contribution < -0.4 is 5.32 Å². The second kappa shape index (κ2) is 4.59. The van der Waals surface area contributed by atoms with Crippen molar-refractivity contribution in [3.63, 3.8) is 0 Å². The molecule has 1 aromatic heterocycles. The number of hydrogen-bond donors (Lipinski definition) is 2. The van der Waals surface area contributed by atoms with Gasteiger partial charge in [0.15, 0.2) is 0 Å². The van der Waals surface area contributed by atoms with Crippen molar-refractivity contribution < 1.29 is 9.84 Å². The Balaban J connectivity index is 1.87. The molecular weight excluding hydrogens is 192 g/mol. The lowest BCUT2D eigenvalue weighted by Gasteiger charge is -2.32. The van der Waals surface area contributed by atoms with Crippen LogP contribution in [-0.4, -0.2) is 35.5 Å². The second-order valence-electron chi connectivity index (χ2n) is 3.91. The minimum Gasteiger partial charge on any atom is -0.388 e. The number of ether oxygens (including phenoxy) is 1. The number of nitrogens with zero attached hydrogens (tertiary/aromatic N) is 1. The van der Waals surface area contributed by atoms with Crippen LogP contribution in [0.3, 0.4) is 0 Å². The van der Waals surface area contributed by atoms with Gasteiger partial charge < -0.3 is 15.2 Å². The molecular formula is C11H16N2O2. The first-order chi connectivity index (χ1) is 7.29. The van der Waals surface area contributed by atoms with Gasteiger partial charge in [0, 0.05) is 38.8 Å². The molecule has 0 spiro atoms. The van der Waals surface area contributed by atoms with Crippen molar-refractivity contribution in [2.24, 2.45) is 0 Å². The Morgan fingerprint density at radius 3 is 2.87 bits per heavy atom. The molecule has 82 valence electrons. The van der Waals surface area contributed by atoms with E-state index in [0.717, 1.165) is 5.82 Å². The van der Waals surface area contributed by atoms with Crippen molar-refractivity contribution in [1.29, 1.82) is 0 Å². The van der Waals surface area contributed by atoms with Crippen molar-refractivity contribution in [3.05, 3.63) is 24.4 Å². The number of rotatable bonds is 3. The standard InChI is InChI=1S/C11H16N2O2/c14-11(4-7-15-8-5-11)9-13-10-3-1-2-6-12-10/h1-3,6,14H,4-5,7-9H2,(H,12,13). The van der Waals surface area contributed by atoms with Crippen molar-refractivity contribution in [1.82, 2.24) is 4.98 Å². The largest absolute Gasteiger partial charge is 0.388 e. The molecule has 1 aliphatic heterocycles. The van der Waals surface area contributed by atoms with E-state index in [1.807, 2.05) is 18.2 Å². The van der Waals surface area contributed by atoms with E-state index in [1.54, 1.807) is 6.20 Å². The second-order valence-corrected chi connectivity index (χ2v) is 3.91. The van der Waals surface area contributed by atoms with E-state index < -0.39 is 5.60 Å². The first kappa shape index (κ1) is 10.4. The van der Waals surface area contributed by atoms with Crippen molar-refractivity contribution >= 4 is 5.82 Å². The normalized spacial score (nSPS) is 19.8. The fraction of sp³-hybridized carbons (Fsp3) is 0.545. The van der Waals surface area contributed by atoms with Gasteiger partial charge in [0.05, 0.1) is 5.60 Å². The summed E-state index contributed by atoms with van der Waals surface area (Å²) in [6.45, 7) is 1.81. The molecule has 0 amide bonds. The molecule has 15 heavy (non-hydrogen) atoms. The fourth-order valence-electron chi connectivity index (χ4n) is 1.65. The molecule has 1 aliphatic rings. The molecule has 1 aromatic rings. The van der Waals surface area contributed by atoms with E-state index >= 15 is 0 Å². The molecule has 2 heterocycles. The van der Waals surface area contributed by atoms with E-state index in [2.05, 4.69) is 10.3 Å². The zero-order chi connectivity index (χ0) is 10.6. The molecule has 4 heteroatoms. The van der Waals surface area contributed by atoms with Crippen LogP contribution in [0.2, 0.25) is 0 Å². The summed E-state index contributed by atoms with van der Waals surface area (Å²) < 4.78 is 5.21. The summed E-state index contributed by atoms with van der Waals surface area (Å²) in [6.07, 6.45) is 3.11. The van der Waals surface area contributed by atoms with Gasteiger partial charge in [0.25, 0.3) is 0 Å². The van der Waals surface area contributed by atoms with Gasteiger partial charge in [-0.1, -0.05) is 6.07 Å². The first-order valence-electron chi connectivity index (χ1n) is 5.24. The highest BCUT2D eigenvalue weighted by Gasteiger charge is 2.29. The van der Waals surface area contributed by atoms with Crippen LogP contribution in [0.4, 0.5) is 5.82 Å². The Hall–Kier alpha value is -1.13. The summed E-state index contributed by atoms with van der Waals surface area (Å²) in [6, 6.07) is 5.68. The van der Waals surface area contributed by atoms with Crippen LogP contribution in [0.25, 0.3) is 0 Å². The highest BCUT2D eigenvalue weighted by Crippen LogP contribution is 2.20. The van der Waals surface area contributed by atoms with Gasteiger partial charge in [0.2, 0.25) is 0 Å². The third-order valence-electron chi connectivity index (χ3n) is 2.69. The minimum atomic E-state index is -0.643. The van der Waals surface area contributed by atoms with Crippen LogP contribution in [0.15, 0.2) is 24.4 Å². The predicted molar refractivity (Wildman–Crippen MR) is 57.7 cm³/mol. The van der Waals surface area contributed by atoms with Crippen LogP contribution >= 0.6 is 0 Å². The number of pyridine rings is 1. The number of aromatic nitrogens is 1. The lowest BCUT2D eigenvalue weighted by Crippen LogP contribution is -2.42. The van der Waals surface area contributed by atoms with Crippen LogP contribution in [0, 0.1) is 0 Å². The van der Waals surface area contributed by atoms with Crippen LogP contribution in [0.1, 0.15) is 12.8 Å². The maximum atomic E-state index is 10.2. The summed E-state index contributed by atoms with van der Waals surface area (Å²) in [4.78, 5) is 4.14. The van der Waals surface area contributed by atoms with E-state index in [1.165, 1.54) is 0 Å². The van der Waals surface area contributed by atoms with E-state index in [4.69, 9.17) is 4.74 Å². The smallest absolute Gasteiger partial charge is 0.125 e. The van der Waals surface area contributed by atoms with Gasteiger partial charge in [-0.3, -0.25) is 0 Å². The van der Waals surface area contributed by atoms with E-state index in [9.17, 15) is 5.11 Å². The Labute approximate surface area is 89.3 Å². The van der Waals surface area contributed by atoms with Crippen molar-refractivity contribution in [2.75, 3.05) is 25.1 Å². The molecule has 0 bridgehead atoms. The maximum Gasteiger partial charge on any atom is 0.125 e. The SMILES string of the molecule is OC1(CNc2ccccn2)CCOCC1. The zero-order valence-electron chi connectivity index (χ0n) is 8.65. The average Bonchev–Trinajstić information content (AvgIpc) is 2.29. The minimum absolute atomic E-state index is 0.535. The topological polar surface area (TPSA) is 54.4 Å². The highest BCUT2D eigenvalue weighted by atomic mass is 16.5. The van der Waals surface area contributed by atoms with Gasteiger partial charge in [-0.15, -0.1) is 0 Å². The van der Waals surface area contributed by atoms with Crippen molar-refractivity contribution in [3.8, 4) is 0 Å². The fourth-order valence-corrected chi connectivity index (χ4v) is 1.65. The van der Waals surface area contributed by atoms with Gasteiger partial charge in [-0.2, -0.15) is 0 Å². The summed E-state index contributed by atoms with van der Waals surface area (Å²) in [5, 5.41) is 13.3.